The predicted octanol–water partition coefficient (Wildman–Crippen LogP) is 3.71. The largest absolute Gasteiger partial charge is 0.349 e. The highest BCUT2D eigenvalue weighted by molar-refractivity contribution is 9.10. The lowest BCUT2D eigenvalue weighted by molar-refractivity contribution is 0.0951. The van der Waals surface area contributed by atoms with Crippen molar-refractivity contribution in [3.63, 3.8) is 0 Å². The van der Waals surface area contributed by atoms with Crippen LogP contribution in [0.5, 0.6) is 0 Å². The second kappa shape index (κ2) is 5.37. The number of halogens is 1. The maximum Gasteiger partial charge on any atom is 0.251 e. The zero-order valence-corrected chi connectivity index (χ0v) is 12.8. The molecule has 102 valence electrons. The molecule has 4 heteroatoms. The molecule has 0 atom stereocenters. The third-order valence-corrected chi connectivity index (χ3v) is 3.92. The number of aromatic nitrogens is 1. The van der Waals surface area contributed by atoms with Gasteiger partial charge in [-0.3, -0.25) is 4.79 Å². The summed E-state index contributed by atoms with van der Waals surface area (Å²) in [5, 5.41) is 3.02. The van der Waals surface area contributed by atoms with Gasteiger partial charge in [-0.05, 0) is 65.0 Å². The Hall–Kier alpha value is -1.68. The molecule has 2 aromatic rings. The van der Waals surface area contributed by atoms with Gasteiger partial charge in [0.25, 0.3) is 5.91 Å². The van der Waals surface area contributed by atoms with E-state index in [-0.39, 0.29) is 5.91 Å². The molecule has 0 aliphatic heterocycles. The monoisotopic (exact) mass is 330 g/mol. The van der Waals surface area contributed by atoms with Crippen molar-refractivity contribution in [2.45, 2.75) is 25.8 Å². The summed E-state index contributed by atoms with van der Waals surface area (Å²) in [7, 11) is 0. The van der Waals surface area contributed by atoms with E-state index in [1.54, 1.807) is 0 Å². The molecule has 0 saturated heterocycles. The molecule has 3 rings (SSSR count). The van der Waals surface area contributed by atoms with E-state index in [9.17, 15) is 4.79 Å². The molecule has 0 spiro atoms. The normalized spacial score (nSPS) is 14.1. The zero-order chi connectivity index (χ0) is 14.1. The number of aryl methyl sites for hydroxylation is 1. The average molecular weight is 331 g/mol. The molecule has 0 radical (unpaired) electrons. The van der Waals surface area contributed by atoms with Gasteiger partial charge in [0, 0.05) is 23.4 Å². The smallest absolute Gasteiger partial charge is 0.251 e. The van der Waals surface area contributed by atoms with Crippen molar-refractivity contribution in [2.75, 3.05) is 0 Å². The quantitative estimate of drug-likeness (QED) is 0.871. The molecule has 1 heterocycles. The van der Waals surface area contributed by atoms with Crippen molar-refractivity contribution in [1.29, 1.82) is 0 Å². The Balaban J connectivity index is 1.93. The standard InChI is InChI=1S/C16H15BrN2O/c1-10-2-3-11(16(20)19-13-5-6-13)8-14(10)12-4-7-15(17)18-9-12/h2-4,7-9,13H,5-6H2,1H3,(H,19,20). The van der Waals surface area contributed by atoms with Crippen LogP contribution < -0.4 is 5.32 Å². The fourth-order valence-corrected chi connectivity index (χ4v) is 2.34. The van der Waals surface area contributed by atoms with Gasteiger partial charge in [-0.1, -0.05) is 12.1 Å². The van der Waals surface area contributed by atoms with E-state index >= 15 is 0 Å². The maximum atomic E-state index is 12.1. The van der Waals surface area contributed by atoms with Gasteiger partial charge >= 0.3 is 0 Å². The number of pyridine rings is 1. The molecule has 1 aliphatic carbocycles. The molecule has 1 aliphatic rings. The minimum Gasteiger partial charge on any atom is -0.349 e. The van der Waals surface area contributed by atoms with Crippen LogP contribution in [0.15, 0.2) is 41.1 Å². The third kappa shape index (κ3) is 2.90. The van der Waals surface area contributed by atoms with Crippen molar-refractivity contribution >= 4 is 21.8 Å². The molecule has 0 unspecified atom stereocenters. The molecule has 1 saturated carbocycles. The van der Waals surface area contributed by atoms with Crippen molar-refractivity contribution in [1.82, 2.24) is 10.3 Å². The number of hydrogen-bond donors (Lipinski definition) is 1. The third-order valence-electron chi connectivity index (χ3n) is 3.45. The van der Waals surface area contributed by atoms with Gasteiger partial charge in [0.15, 0.2) is 0 Å². The Morgan fingerprint density at radius 2 is 2.10 bits per heavy atom. The Bertz CT molecular complexity index is 648. The maximum absolute atomic E-state index is 12.1. The molecule has 1 aromatic carbocycles. The summed E-state index contributed by atoms with van der Waals surface area (Å²) in [6, 6.07) is 10.1. The van der Waals surface area contributed by atoms with E-state index in [4.69, 9.17) is 0 Å². The van der Waals surface area contributed by atoms with Crippen LogP contribution >= 0.6 is 15.9 Å². The van der Waals surface area contributed by atoms with E-state index in [0.29, 0.717) is 11.6 Å². The molecule has 1 N–H and O–H groups in total. The van der Waals surface area contributed by atoms with Gasteiger partial charge in [-0.2, -0.15) is 0 Å². The topological polar surface area (TPSA) is 42.0 Å². The highest BCUT2D eigenvalue weighted by Crippen LogP contribution is 2.26. The molecule has 0 bridgehead atoms. The molecule has 20 heavy (non-hydrogen) atoms. The lowest BCUT2D eigenvalue weighted by atomic mass is 9.99. The number of carbonyl (C=O) groups excluding carboxylic acids is 1. The zero-order valence-electron chi connectivity index (χ0n) is 11.2. The van der Waals surface area contributed by atoms with Crippen LogP contribution in [0.25, 0.3) is 11.1 Å². The lowest BCUT2D eigenvalue weighted by Crippen LogP contribution is -2.25. The highest BCUT2D eigenvalue weighted by Gasteiger charge is 2.24. The number of hydrogen-bond acceptors (Lipinski definition) is 2. The van der Waals surface area contributed by atoms with E-state index in [1.807, 2.05) is 43.5 Å². The Morgan fingerprint density at radius 3 is 2.75 bits per heavy atom. The Morgan fingerprint density at radius 1 is 1.30 bits per heavy atom. The van der Waals surface area contributed by atoms with Crippen LogP contribution in [0.4, 0.5) is 0 Å². The number of amides is 1. The summed E-state index contributed by atoms with van der Waals surface area (Å²) in [6.45, 7) is 2.04. The summed E-state index contributed by atoms with van der Waals surface area (Å²) in [5.41, 5.74) is 3.91. The number of carbonyl (C=O) groups is 1. The fourth-order valence-electron chi connectivity index (χ4n) is 2.11. The summed E-state index contributed by atoms with van der Waals surface area (Å²) in [5.74, 6) is 0.0128. The Kier molecular flexibility index (Phi) is 3.57. The van der Waals surface area contributed by atoms with Crippen LogP contribution in [-0.4, -0.2) is 16.9 Å². The summed E-state index contributed by atoms with van der Waals surface area (Å²) >= 11 is 3.33. The van der Waals surface area contributed by atoms with E-state index < -0.39 is 0 Å². The van der Waals surface area contributed by atoms with Gasteiger partial charge in [0.05, 0.1) is 0 Å². The Labute approximate surface area is 126 Å². The minimum absolute atomic E-state index is 0.0128. The highest BCUT2D eigenvalue weighted by atomic mass is 79.9. The fraction of sp³-hybridized carbons (Fsp3) is 0.250. The number of nitrogens with zero attached hydrogens (tertiary/aromatic N) is 1. The molecule has 1 aromatic heterocycles. The first kappa shape index (κ1) is 13.3. The van der Waals surface area contributed by atoms with Gasteiger partial charge < -0.3 is 5.32 Å². The van der Waals surface area contributed by atoms with Gasteiger partial charge in [-0.25, -0.2) is 4.98 Å². The second-order valence-corrected chi connectivity index (χ2v) is 5.96. The predicted molar refractivity (Wildman–Crippen MR) is 82.6 cm³/mol. The van der Waals surface area contributed by atoms with Crippen LogP contribution in [-0.2, 0) is 0 Å². The molecular weight excluding hydrogens is 316 g/mol. The minimum atomic E-state index is 0.0128. The van der Waals surface area contributed by atoms with E-state index in [1.165, 1.54) is 0 Å². The number of rotatable bonds is 3. The molecule has 3 nitrogen and oxygen atoms in total. The summed E-state index contributed by atoms with van der Waals surface area (Å²) < 4.78 is 0.807. The molecule has 1 fully saturated rings. The van der Waals surface area contributed by atoms with Crippen molar-refractivity contribution < 1.29 is 4.79 Å². The average Bonchev–Trinajstić information content (AvgIpc) is 3.24. The van der Waals surface area contributed by atoms with Gasteiger partial charge in [0.1, 0.15) is 4.60 Å². The summed E-state index contributed by atoms with van der Waals surface area (Å²) in [6.07, 6.45) is 4.01. The number of benzene rings is 1. The first-order chi connectivity index (χ1) is 9.63. The van der Waals surface area contributed by atoms with Gasteiger partial charge in [-0.15, -0.1) is 0 Å². The van der Waals surface area contributed by atoms with Crippen LogP contribution in [0, 0.1) is 6.92 Å². The van der Waals surface area contributed by atoms with E-state index in [0.717, 1.165) is 34.1 Å². The van der Waals surface area contributed by atoms with Crippen LogP contribution in [0.1, 0.15) is 28.8 Å². The lowest BCUT2D eigenvalue weighted by Gasteiger charge is -2.09. The first-order valence-corrected chi connectivity index (χ1v) is 7.46. The first-order valence-electron chi connectivity index (χ1n) is 6.67. The summed E-state index contributed by atoms with van der Waals surface area (Å²) in [4.78, 5) is 16.4. The molecule has 1 amide bonds. The van der Waals surface area contributed by atoms with Crippen molar-refractivity contribution in [2.24, 2.45) is 0 Å². The number of nitrogens with one attached hydrogen (secondary N) is 1. The van der Waals surface area contributed by atoms with Crippen molar-refractivity contribution in [3.05, 3.63) is 52.3 Å². The second-order valence-electron chi connectivity index (χ2n) is 5.15. The van der Waals surface area contributed by atoms with Crippen LogP contribution in [0.2, 0.25) is 0 Å². The van der Waals surface area contributed by atoms with E-state index in [2.05, 4.69) is 26.2 Å². The molecular formula is C16H15BrN2O. The van der Waals surface area contributed by atoms with Gasteiger partial charge in [0.2, 0.25) is 0 Å². The van der Waals surface area contributed by atoms with Crippen LogP contribution in [0.3, 0.4) is 0 Å². The SMILES string of the molecule is Cc1ccc(C(=O)NC2CC2)cc1-c1ccc(Br)nc1. The van der Waals surface area contributed by atoms with Crippen molar-refractivity contribution in [3.8, 4) is 11.1 Å².